The highest BCUT2D eigenvalue weighted by Crippen LogP contribution is 2.54. The summed E-state index contributed by atoms with van der Waals surface area (Å²) in [5, 5.41) is 0. The van der Waals surface area contributed by atoms with Crippen molar-refractivity contribution >= 4 is 35.0 Å². The molecule has 4 aliphatic carbocycles. The summed E-state index contributed by atoms with van der Waals surface area (Å²) in [5.74, 6) is 0.531. The maximum absolute atomic E-state index is 13.0. The number of hydrogen-bond acceptors (Lipinski definition) is 5. The second-order valence-corrected chi connectivity index (χ2v) is 11.1. The number of benzene rings is 2. The van der Waals surface area contributed by atoms with Gasteiger partial charge in [-0.25, -0.2) is 0 Å². The van der Waals surface area contributed by atoms with Crippen LogP contribution in [-0.4, -0.2) is 23.6 Å². The van der Waals surface area contributed by atoms with Crippen LogP contribution in [0.5, 0.6) is 11.5 Å². The fraction of sp³-hybridized carbons (Fsp3) is 0.333. The molecular weight excluding hydrogens is 468 g/mol. The Hall–Kier alpha value is -4.00. The van der Waals surface area contributed by atoms with E-state index >= 15 is 0 Å². The average molecular weight is 493 g/mol. The number of amides is 4. The van der Waals surface area contributed by atoms with Crippen LogP contribution in [0.2, 0.25) is 0 Å². The zero-order chi connectivity index (χ0) is 25.0. The van der Waals surface area contributed by atoms with E-state index < -0.39 is 0 Å². The van der Waals surface area contributed by atoms with E-state index in [4.69, 9.17) is 4.74 Å². The van der Waals surface area contributed by atoms with E-state index in [0.29, 0.717) is 22.9 Å². The minimum absolute atomic E-state index is 0.102. The molecule has 2 aromatic carbocycles. The highest BCUT2D eigenvalue weighted by Gasteiger charge is 2.60. The van der Waals surface area contributed by atoms with E-state index in [1.807, 2.05) is 0 Å². The molecule has 8 atom stereocenters. The van der Waals surface area contributed by atoms with Gasteiger partial charge in [-0.1, -0.05) is 24.3 Å². The van der Waals surface area contributed by atoms with Crippen molar-refractivity contribution in [3.05, 3.63) is 72.8 Å². The molecule has 8 rings (SSSR count). The minimum atomic E-state index is -0.225. The third-order valence-corrected chi connectivity index (χ3v) is 9.37. The lowest BCUT2D eigenvalue weighted by atomic mass is 9.85. The molecule has 4 fully saturated rings. The molecule has 2 saturated heterocycles. The van der Waals surface area contributed by atoms with Crippen LogP contribution in [0, 0.1) is 47.3 Å². The SMILES string of the molecule is O=C1[C@@H]2[C@H](C(=O)N1c1ccc(Oc3ccc(N4C(=O)[C@H]5[C@H](C4=O)[C@H]4C=C[C@H]5C4)cc3)cc1)[C@H]1C=C[C@H]2C1. The first-order valence-electron chi connectivity index (χ1n) is 13.0. The summed E-state index contributed by atoms with van der Waals surface area (Å²) in [6, 6.07) is 13.9. The van der Waals surface area contributed by atoms with Crippen LogP contribution in [0.4, 0.5) is 11.4 Å². The molecule has 37 heavy (non-hydrogen) atoms. The Bertz CT molecular complexity index is 1270. The third kappa shape index (κ3) is 2.77. The second kappa shape index (κ2) is 7.28. The molecular formula is C30H24N2O5. The Morgan fingerprint density at radius 2 is 0.784 bits per heavy atom. The molecule has 0 unspecified atom stereocenters. The maximum atomic E-state index is 13.0. The lowest BCUT2D eigenvalue weighted by Gasteiger charge is -2.18. The molecule has 2 saturated carbocycles. The van der Waals surface area contributed by atoms with Gasteiger partial charge in [0.2, 0.25) is 23.6 Å². The first-order valence-corrected chi connectivity index (χ1v) is 13.0. The Balaban J connectivity index is 0.973. The van der Waals surface area contributed by atoms with E-state index in [2.05, 4.69) is 24.3 Å². The van der Waals surface area contributed by atoms with Gasteiger partial charge in [0.1, 0.15) is 11.5 Å². The first kappa shape index (κ1) is 21.1. The number of hydrogen-bond donors (Lipinski definition) is 0. The number of imide groups is 2. The Kier molecular flexibility index (Phi) is 4.15. The van der Waals surface area contributed by atoms with Crippen molar-refractivity contribution in [2.75, 3.05) is 9.80 Å². The van der Waals surface area contributed by atoms with Gasteiger partial charge in [0.05, 0.1) is 35.0 Å². The van der Waals surface area contributed by atoms with Crippen LogP contribution in [-0.2, 0) is 19.2 Å². The van der Waals surface area contributed by atoms with Gasteiger partial charge in [-0.3, -0.25) is 29.0 Å². The zero-order valence-corrected chi connectivity index (χ0v) is 19.9. The van der Waals surface area contributed by atoms with Crippen molar-refractivity contribution in [3.63, 3.8) is 0 Å². The van der Waals surface area contributed by atoms with E-state index in [1.54, 1.807) is 48.5 Å². The number of rotatable bonds is 4. The van der Waals surface area contributed by atoms with Crippen LogP contribution < -0.4 is 14.5 Å². The van der Waals surface area contributed by atoms with E-state index in [9.17, 15) is 19.2 Å². The number of carbonyl (C=O) groups excluding carboxylic acids is 4. The van der Waals surface area contributed by atoms with Gasteiger partial charge >= 0.3 is 0 Å². The highest BCUT2D eigenvalue weighted by atomic mass is 16.5. The van der Waals surface area contributed by atoms with Crippen molar-refractivity contribution in [1.29, 1.82) is 0 Å². The normalized spacial score (nSPS) is 36.3. The molecule has 0 aromatic heterocycles. The molecule has 4 amide bonds. The van der Waals surface area contributed by atoms with Crippen LogP contribution in [0.25, 0.3) is 0 Å². The lowest BCUT2D eigenvalue weighted by molar-refractivity contribution is -0.124. The van der Waals surface area contributed by atoms with E-state index in [1.165, 1.54) is 9.80 Å². The zero-order valence-electron chi connectivity index (χ0n) is 19.9. The minimum Gasteiger partial charge on any atom is -0.457 e. The summed E-state index contributed by atoms with van der Waals surface area (Å²) in [6.45, 7) is 0. The molecule has 0 N–H and O–H groups in total. The third-order valence-electron chi connectivity index (χ3n) is 9.37. The number of fused-ring (bicyclic) bond motifs is 10. The van der Waals surface area contributed by atoms with Gasteiger partial charge in [-0.15, -0.1) is 0 Å². The highest BCUT2D eigenvalue weighted by molar-refractivity contribution is 6.23. The summed E-state index contributed by atoms with van der Waals surface area (Å²) in [5.41, 5.74) is 1.12. The summed E-state index contributed by atoms with van der Waals surface area (Å²) >= 11 is 0. The van der Waals surface area contributed by atoms with Gasteiger partial charge in [-0.2, -0.15) is 0 Å². The summed E-state index contributed by atoms with van der Waals surface area (Å²) < 4.78 is 5.96. The van der Waals surface area contributed by atoms with Crippen molar-refractivity contribution in [2.24, 2.45) is 47.3 Å². The quantitative estimate of drug-likeness (QED) is 0.474. The molecule has 184 valence electrons. The fourth-order valence-corrected chi connectivity index (χ4v) is 7.78. The number of carbonyl (C=O) groups is 4. The molecule has 6 aliphatic rings. The lowest BCUT2D eigenvalue weighted by Crippen LogP contribution is -2.32. The smallest absolute Gasteiger partial charge is 0.238 e. The molecule has 4 bridgehead atoms. The van der Waals surface area contributed by atoms with E-state index in [0.717, 1.165) is 12.8 Å². The Labute approximate surface area is 213 Å². The summed E-state index contributed by atoms with van der Waals surface area (Å²) in [6.07, 6.45) is 10.2. The fourth-order valence-electron chi connectivity index (χ4n) is 7.78. The molecule has 0 radical (unpaired) electrons. The second-order valence-electron chi connectivity index (χ2n) is 11.1. The van der Waals surface area contributed by atoms with Crippen molar-refractivity contribution in [1.82, 2.24) is 0 Å². The van der Waals surface area contributed by atoms with Crippen LogP contribution >= 0.6 is 0 Å². The Morgan fingerprint density at radius 3 is 1.08 bits per heavy atom. The number of anilines is 2. The van der Waals surface area contributed by atoms with Gasteiger partial charge in [0.25, 0.3) is 0 Å². The number of allylic oxidation sites excluding steroid dienone is 4. The molecule has 7 heteroatoms. The van der Waals surface area contributed by atoms with Crippen LogP contribution in [0.3, 0.4) is 0 Å². The van der Waals surface area contributed by atoms with Crippen LogP contribution in [0.15, 0.2) is 72.8 Å². The monoisotopic (exact) mass is 492 g/mol. The van der Waals surface area contributed by atoms with Gasteiger partial charge < -0.3 is 4.74 Å². The van der Waals surface area contributed by atoms with Crippen molar-refractivity contribution < 1.29 is 23.9 Å². The summed E-state index contributed by atoms with van der Waals surface area (Å²) in [4.78, 5) is 54.8. The number of nitrogens with zero attached hydrogens (tertiary/aromatic N) is 2. The molecule has 2 heterocycles. The van der Waals surface area contributed by atoms with Gasteiger partial charge in [-0.05, 0) is 85.0 Å². The molecule has 0 spiro atoms. The average Bonchev–Trinajstić information content (AvgIpc) is 3.74. The first-order chi connectivity index (χ1) is 18.0. The summed E-state index contributed by atoms with van der Waals surface area (Å²) in [7, 11) is 0. The van der Waals surface area contributed by atoms with Crippen LogP contribution in [0.1, 0.15) is 12.8 Å². The predicted octanol–water partition coefficient (Wildman–Crippen LogP) is 4.10. The van der Waals surface area contributed by atoms with E-state index in [-0.39, 0.29) is 71.0 Å². The van der Waals surface area contributed by atoms with Gasteiger partial charge in [0, 0.05) is 0 Å². The topological polar surface area (TPSA) is 84.0 Å². The largest absolute Gasteiger partial charge is 0.457 e. The predicted molar refractivity (Wildman–Crippen MR) is 133 cm³/mol. The number of ether oxygens (including phenoxy) is 1. The maximum Gasteiger partial charge on any atom is 0.238 e. The standard InChI is InChI=1S/C30H24N2O5/c33-27-23-15-1-2-16(13-15)24(23)28(34)31(27)19-5-9-21(10-6-19)37-22-11-7-20(8-12-22)32-29(35)25-17-3-4-18(14-17)26(25)30(32)36/h1-12,15-18,23-26H,13-14H2/t15-,16-,17-,18-,23-,24+,25+,26+/m0/s1. The molecule has 7 nitrogen and oxygen atoms in total. The molecule has 2 aromatic rings. The van der Waals surface area contributed by atoms with Crippen molar-refractivity contribution in [3.8, 4) is 11.5 Å². The molecule has 2 aliphatic heterocycles. The van der Waals surface area contributed by atoms with Gasteiger partial charge in [0.15, 0.2) is 0 Å². The Morgan fingerprint density at radius 1 is 0.486 bits per heavy atom. The van der Waals surface area contributed by atoms with Crippen molar-refractivity contribution in [2.45, 2.75) is 12.8 Å².